The molecule has 0 amide bonds. The van der Waals surface area contributed by atoms with Crippen LogP contribution in [0.5, 0.6) is 0 Å². The Hall–Kier alpha value is -3.86. The molecule has 0 radical (unpaired) electrons. The molecule has 4 heterocycles. The van der Waals surface area contributed by atoms with Crippen LogP contribution in [0.15, 0.2) is 89.8 Å². The minimum absolute atomic E-state index is 0.746. The highest BCUT2D eigenvalue weighted by Crippen LogP contribution is 2.33. The zero-order chi connectivity index (χ0) is 24.8. The van der Waals surface area contributed by atoms with Gasteiger partial charge in [0.2, 0.25) is 0 Å². The third-order valence-corrected chi connectivity index (χ3v) is 6.46. The number of allylic oxidation sites excluding steroid dienone is 6. The molecule has 2 aliphatic heterocycles. The first-order chi connectivity index (χ1) is 17.1. The van der Waals surface area contributed by atoms with Crippen molar-refractivity contribution in [3.63, 3.8) is 0 Å². The van der Waals surface area contributed by atoms with E-state index < -0.39 is 0 Å². The van der Waals surface area contributed by atoms with Crippen molar-refractivity contribution in [3.05, 3.63) is 95.9 Å². The zero-order valence-corrected chi connectivity index (χ0v) is 20.9. The fourth-order valence-electron chi connectivity index (χ4n) is 4.55. The Morgan fingerprint density at radius 3 is 2.77 bits per heavy atom. The van der Waals surface area contributed by atoms with Gasteiger partial charge in [0, 0.05) is 79.8 Å². The number of nitrogens with one attached hydrogen (secondary N) is 2. The average Bonchev–Trinajstić information content (AvgIpc) is 3.33. The second-order valence-corrected chi connectivity index (χ2v) is 8.58. The van der Waals surface area contributed by atoms with Crippen molar-refractivity contribution >= 4 is 28.4 Å². The standard InChI is InChI=1S/C29H34N6/c1-6-21(19-30-9-4)24-11-13-32-29-28(24)25(20-33-29)22-10-12-31-26(18-22)23(7-2)27(8-3)35-16-14-34(5)15-17-35/h6-7,10-13,18-20,31H,2-3,9,14-17H2,1,4-5H3,(H,32,33)/b21-6+,26-23+,30-19?. The number of aromatic amines is 1. The van der Waals surface area contributed by atoms with Crippen molar-refractivity contribution in [2.45, 2.75) is 13.8 Å². The summed E-state index contributed by atoms with van der Waals surface area (Å²) in [6.07, 6.45) is 16.0. The maximum atomic E-state index is 4.58. The van der Waals surface area contributed by atoms with Crippen LogP contribution >= 0.6 is 0 Å². The fraction of sp³-hybridized carbons (Fsp3) is 0.276. The molecule has 6 nitrogen and oxygen atoms in total. The van der Waals surface area contributed by atoms with E-state index in [4.69, 9.17) is 0 Å². The van der Waals surface area contributed by atoms with Gasteiger partial charge < -0.3 is 20.1 Å². The summed E-state index contributed by atoms with van der Waals surface area (Å²) in [7, 11) is 2.15. The van der Waals surface area contributed by atoms with Gasteiger partial charge in [-0.25, -0.2) is 4.98 Å². The van der Waals surface area contributed by atoms with Crippen LogP contribution in [0.1, 0.15) is 25.0 Å². The zero-order valence-electron chi connectivity index (χ0n) is 20.9. The number of dihydropyridines is 1. The Balaban J connectivity index is 1.80. The number of aliphatic imine (C=N–C) groups is 1. The number of fused-ring (bicyclic) bond motifs is 1. The number of H-pyrrole nitrogens is 1. The van der Waals surface area contributed by atoms with Crippen LogP contribution in [0.4, 0.5) is 0 Å². The summed E-state index contributed by atoms with van der Waals surface area (Å²) in [4.78, 5) is 17.1. The summed E-state index contributed by atoms with van der Waals surface area (Å²) in [6, 6.07) is 2.06. The van der Waals surface area contributed by atoms with Crippen molar-refractivity contribution in [1.29, 1.82) is 0 Å². The predicted molar refractivity (Wildman–Crippen MR) is 148 cm³/mol. The first-order valence-electron chi connectivity index (χ1n) is 12.1. The van der Waals surface area contributed by atoms with Crippen molar-refractivity contribution in [2.24, 2.45) is 4.99 Å². The first kappa shape index (κ1) is 24.3. The van der Waals surface area contributed by atoms with E-state index in [1.807, 2.05) is 44.7 Å². The molecular weight excluding hydrogens is 432 g/mol. The topological polar surface area (TPSA) is 59.6 Å². The van der Waals surface area contributed by atoms with Crippen LogP contribution in [0, 0.1) is 0 Å². The predicted octanol–water partition coefficient (Wildman–Crippen LogP) is 4.91. The van der Waals surface area contributed by atoms with Crippen molar-refractivity contribution < 1.29 is 0 Å². The van der Waals surface area contributed by atoms with E-state index in [0.717, 1.165) is 83.0 Å². The third-order valence-electron chi connectivity index (χ3n) is 6.46. The molecule has 2 N–H and O–H groups in total. The molecule has 0 saturated carbocycles. The Bertz CT molecular complexity index is 1300. The van der Waals surface area contributed by atoms with Gasteiger partial charge in [0.25, 0.3) is 0 Å². The smallest absolute Gasteiger partial charge is 0.138 e. The van der Waals surface area contributed by atoms with E-state index in [1.165, 1.54) is 0 Å². The SMILES string of the molecule is C=C=C(/C(C=C)=C1\C=C(c2c[nH]c3nccc(/C(C=NCC)=C/C)c23)C=CN1)N1CCN(C)CC1. The van der Waals surface area contributed by atoms with Gasteiger partial charge in [0.15, 0.2) is 0 Å². The van der Waals surface area contributed by atoms with Crippen LogP contribution in [0.25, 0.3) is 22.2 Å². The molecular formula is C29H34N6. The maximum Gasteiger partial charge on any atom is 0.138 e. The molecule has 6 heteroatoms. The van der Waals surface area contributed by atoms with E-state index in [1.54, 1.807) is 0 Å². The molecule has 2 aromatic heterocycles. The lowest BCUT2D eigenvalue weighted by molar-refractivity contribution is 0.189. The van der Waals surface area contributed by atoms with Crippen LogP contribution in [0.2, 0.25) is 0 Å². The van der Waals surface area contributed by atoms with E-state index in [9.17, 15) is 0 Å². The highest BCUT2D eigenvalue weighted by atomic mass is 15.3. The lowest BCUT2D eigenvalue weighted by Crippen LogP contribution is -2.44. The number of nitrogens with zero attached hydrogens (tertiary/aromatic N) is 4. The fourth-order valence-corrected chi connectivity index (χ4v) is 4.55. The Morgan fingerprint density at radius 2 is 2.09 bits per heavy atom. The summed E-state index contributed by atoms with van der Waals surface area (Å²) >= 11 is 0. The minimum atomic E-state index is 0.746. The number of likely N-dealkylation sites (N-methyl/N-ethyl adjacent to an activating group) is 1. The maximum absolute atomic E-state index is 4.58. The number of hydrogen-bond donors (Lipinski definition) is 2. The third kappa shape index (κ3) is 4.99. The molecule has 0 aromatic carbocycles. The summed E-state index contributed by atoms with van der Waals surface area (Å²) in [5.74, 6) is 0. The molecule has 180 valence electrons. The average molecular weight is 467 g/mol. The molecule has 4 rings (SSSR count). The Labute approximate surface area is 208 Å². The largest absolute Gasteiger partial charge is 0.362 e. The number of hydrogen-bond acceptors (Lipinski definition) is 5. The lowest BCUT2D eigenvalue weighted by Gasteiger charge is -2.35. The van der Waals surface area contributed by atoms with Crippen LogP contribution in [-0.2, 0) is 0 Å². The molecule has 0 bridgehead atoms. The Kier molecular flexibility index (Phi) is 7.66. The number of piperazine rings is 1. The highest BCUT2D eigenvalue weighted by Gasteiger charge is 2.21. The van der Waals surface area contributed by atoms with E-state index >= 15 is 0 Å². The molecule has 0 spiro atoms. The van der Waals surface area contributed by atoms with Gasteiger partial charge in [0.1, 0.15) is 5.65 Å². The lowest BCUT2D eigenvalue weighted by atomic mass is 9.95. The van der Waals surface area contributed by atoms with E-state index in [2.05, 4.69) is 80.3 Å². The van der Waals surface area contributed by atoms with Crippen LogP contribution in [0.3, 0.4) is 0 Å². The first-order valence-corrected chi connectivity index (χ1v) is 12.1. The molecule has 0 unspecified atom stereocenters. The molecule has 2 aromatic rings. The highest BCUT2D eigenvalue weighted by molar-refractivity contribution is 6.16. The van der Waals surface area contributed by atoms with Crippen LogP contribution in [-0.4, -0.2) is 65.8 Å². The summed E-state index contributed by atoms with van der Waals surface area (Å²) < 4.78 is 0. The summed E-state index contributed by atoms with van der Waals surface area (Å²) in [5.41, 5.74) is 11.3. The van der Waals surface area contributed by atoms with Crippen molar-refractivity contribution in [3.8, 4) is 0 Å². The van der Waals surface area contributed by atoms with E-state index in [-0.39, 0.29) is 0 Å². The molecule has 35 heavy (non-hydrogen) atoms. The second-order valence-electron chi connectivity index (χ2n) is 8.58. The van der Waals surface area contributed by atoms with Gasteiger partial charge in [0.05, 0.1) is 5.70 Å². The van der Waals surface area contributed by atoms with Gasteiger partial charge in [-0.1, -0.05) is 25.3 Å². The molecule has 0 aliphatic carbocycles. The molecule has 1 saturated heterocycles. The Morgan fingerprint density at radius 1 is 1.29 bits per heavy atom. The molecule has 0 atom stereocenters. The summed E-state index contributed by atoms with van der Waals surface area (Å²) in [5, 5.41) is 4.50. The van der Waals surface area contributed by atoms with Crippen LogP contribution < -0.4 is 5.32 Å². The van der Waals surface area contributed by atoms with E-state index in [0.29, 0.717) is 0 Å². The summed E-state index contributed by atoms with van der Waals surface area (Å²) in [6.45, 7) is 16.8. The van der Waals surface area contributed by atoms with Crippen molar-refractivity contribution in [1.82, 2.24) is 25.1 Å². The van der Waals surface area contributed by atoms with Gasteiger partial charge in [-0.2, -0.15) is 0 Å². The number of pyridine rings is 1. The second kappa shape index (κ2) is 11.0. The van der Waals surface area contributed by atoms with Gasteiger partial charge >= 0.3 is 0 Å². The molecule has 2 aliphatic rings. The quantitative estimate of drug-likeness (QED) is 0.450. The monoisotopic (exact) mass is 466 g/mol. The number of aromatic nitrogens is 2. The van der Waals surface area contributed by atoms with Gasteiger partial charge in [-0.05, 0) is 55.8 Å². The van der Waals surface area contributed by atoms with Gasteiger partial charge in [-0.3, -0.25) is 4.99 Å². The normalized spacial score (nSPS) is 18.4. The minimum Gasteiger partial charge on any atom is -0.362 e. The number of rotatable bonds is 7. The van der Waals surface area contributed by atoms with Crippen molar-refractivity contribution in [2.75, 3.05) is 39.8 Å². The van der Waals surface area contributed by atoms with Gasteiger partial charge in [-0.15, -0.1) is 5.73 Å². The molecule has 1 fully saturated rings.